The predicted molar refractivity (Wildman–Crippen MR) is 79.7 cm³/mol. The van der Waals surface area contributed by atoms with Gasteiger partial charge in [0.15, 0.2) is 0 Å². The van der Waals surface area contributed by atoms with Crippen LogP contribution in [-0.4, -0.2) is 0 Å². The van der Waals surface area contributed by atoms with E-state index in [1.165, 1.54) is 22.3 Å². The average Bonchev–Trinajstić information content (AvgIpc) is 2.40. The van der Waals surface area contributed by atoms with Crippen LogP contribution in [0, 0.1) is 6.92 Å². The van der Waals surface area contributed by atoms with Crippen LogP contribution in [0.4, 0.5) is 0 Å². The molecule has 0 saturated heterocycles. The van der Waals surface area contributed by atoms with Gasteiger partial charge in [-0.2, -0.15) is 0 Å². The summed E-state index contributed by atoms with van der Waals surface area (Å²) in [5.74, 6) is 0. The predicted octanol–water partition coefficient (Wildman–Crippen LogP) is 4.81. The highest BCUT2D eigenvalue weighted by Gasteiger charge is 2.01. The molecule has 0 aliphatic rings. The molecular formula is C18H20. The average molecular weight is 236 g/mol. The van der Waals surface area contributed by atoms with E-state index >= 15 is 0 Å². The highest BCUT2D eigenvalue weighted by atomic mass is 14.1. The summed E-state index contributed by atoms with van der Waals surface area (Å²) < 4.78 is 0. The molecule has 0 N–H and O–H groups in total. The fourth-order valence-electron chi connectivity index (χ4n) is 2.26. The van der Waals surface area contributed by atoms with Crippen molar-refractivity contribution in [2.75, 3.05) is 0 Å². The Morgan fingerprint density at radius 1 is 0.833 bits per heavy atom. The van der Waals surface area contributed by atoms with Gasteiger partial charge in [-0.15, -0.1) is 0 Å². The summed E-state index contributed by atoms with van der Waals surface area (Å²) in [6, 6.07) is 17.3. The normalized spacial score (nSPS) is 11.0. The second kappa shape index (κ2) is 6.20. The number of benzene rings is 2. The molecule has 18 heavy (non-hydrogen) atoms. The molecule has 0 heterocycles. The van der Waals surface area contributed by atoms with Crippen molar-refractivity contribution in [2.45, 2.75) is 26.7 Å². The molecule has 0 spiro atoms. The molecule has 0 aliphatic heterocycles. The Morgan fingerprint density at radius 3 is 2.17 bits per heavy atom. The maximum absolute atomic E-state index is 2.23. The zero-order valence-electron chi connectivity index (χ0n) is 11.2. The third-order valence-corrected chi connectivity index (χ3v) is 3.33. The third kappa shape index (κ3) is 3.10. The molecule has 0 saturated carbocycles. The second-order valence-electron chi connectivity index (χ2n) is 4.63. The minimum Gasteiger partial charge on any atom is -0.0871 e. The lowest BCUT2D eigenvalue weighted by molar-refractivity contribution is 0.946. The molecule has 2 aromatic rings. The van der Waals surface area contributed by atoms with Gasteiger partial charge in [-0.3, -0.25) is 0 Å². The molecule has 92 valence electrons. The zero-order chi connectivity index (χ0) is 12.8. The van der Waals surface area contributed by atoms with Gasteiger partial charge in [0, 0.05) is 0 Å². The lowest BCUT2D eigenvalue weighted by atomic mass is 9.97. The number of rotatable bonds is 4. The SMILES string of the molecule is C/C=C\c1ccccc1CCc1ccccc1C. The first kappa shape index (κ1) is 12.6. The summed E-state index contributed by atoms with van der Waals surface area (Å²) in [5.41, 5.74) is 5.61. The van der Waals surface area contributed by atoms with E-state index in [-0.39, 0.29) is 0 Å². The first-order valence-corrected chi connectivity index (χ1v) is 6.56. The van der Waals surface area contributed by atoms with Gasteiger partial charge in [0.05, 0.1) is 0 Å². The molecule has 0 aromatic heterocycles. The summed E-state index contributed by atoms with van der Waals surface area (Å²) in [4.78, 5) is 0. The van der Waals surface area contributed by atoms with Crippen LogP contribution in [0.3, 0.4) is 0 Å². The summed E-state index contributed by atoms with van der Waals surface area (Å²) in [5, 5.41) is 0. The number of aryl methyl sites for hydroxylation is 3. The highest BCUT2D eigenvalue weighted by molar-refractivity contribution is 5.53. The highest BCUT2D eigenvalue weighted by Crippen LogP contribution is 2.15. The molecule has 0 heteroatoms. The first-order valence-electron chi connectivity index (χ1n) is 6.56. The second-order valence-corrected chi connectivity index (χ2v) is 4.63. The summed E-state index contributed by atoms with van der Waals surface area (Å²) in [6.07, 6.45) is 6.51. The van der Waals surface area contributed by atoms with E-state index in [2.05, 4.69) is 74.5 Å². The Balaban J connectivity index is 2.13. The van der Waals surface area contributed by atoms with Gasteiger partial charge < -0.3 is 0 Å². The summed E-state index contributed by atoms with van der Waals surface area (Å²) >= 11 is 0. The topological polar surface area (TPSA) is 0 Å². The van der Waals surface area contributed by atoms with Crippen molar-refractivity contribution in [1.82, 2.24) is 0 Å². The van der Waals surface area contributed by atoms with E-state index in [0.717, 1.165) is 12.8 Å². The van der Waals surface area contributed by atoms with Crippen LogP contribution in [-0.2, 0) is 12.8 Å². The van der Waals surface area contributed by atoms with E-state index in [0.29, 0.717) is 0 Å². The van der Waals surface area contributed by atoms with Crippen LogP contribution in [0.2, 0.25) is 0 Å². The van der Waals surface area contributed by atoms with Crippen molar-refractivity contribution in [2.24, 2.45) is 0 Å². The van der Waals surface area contributed by atoms with Crippen molar-refractivity contribution < 1.29 is 0 Å². The maximum atomic E-state index is 2.23. The van der Waals surface area contributed by atoms with Crippen molar-refractivity contribution in [1.29, 1.82) is 0 Å². The Kier molecular flexibility index (Phi) is 4.35. The molecule has 2 aromatic carbocycles. The fourth-order valence-corrected chi connectivity index (χ4v) is 2.26. The van der Waals surface area contributed by atoms with Gasteiger partial charge >= 0.3 is 0 Å². The number of allylic oxidation sites excluding steroid dienone is 1. The molecule has 0 atom stereocenters. The Bertz CT molecular complexity index is 535. The van der Waals surface area contributed by atoms with E-state index < -0.39 is 0 Å². The van der Waals surface area contributed by atoms with Crippen molar-refractivity contribution in [3.05, 3.63) is 76.9 Å². The number of hydrogen-bond acceptors (Lipinski definition) is 0. The van der Waals surface area contributed by atoms with Crippen LogP contribution in [0.15, 0.2) is 54.6 Å². The van der Waals surface area contributed by atoms with Crippen LogP contribution in [0.25, 0.3) is 6.08 Å². The lowest BCUT2D eigenvalue weighted by Crippen LogP contribution is -1.95. The molecule has 0 unspecified atom stereocenters. The van der Waals surface area contributed by atoms with Gasteiger partial charge in [0.25, 0.3) is 0 Å². The Labute approximate surface area is 110 Å². The molecule has 0 aliphatic carbocycles. The van der Waals surface area contributed by atoms with E-state index in [4.69, 9.17) is 0 Å². The van der Waals surface area contributed by atoms with Gasteiger partial charge in [0.1, 0.15) is 0 Å². The monoisotopic (exact) mass is 236 g/mol. The number of hydrogen-bond donors (Lipinski definition) is 0. The quantitative estimate of drug-likeness (QED) is 0.714. The molecule has 0 nitrogen and oxygen atoms in total. The standard InChI is InChI=1S/C18H20/c1-3-8-17-11-6-7-12-18(17)14-13-16-10-5-4-9-15(16)2/h3-12H,13-14H2,1-2H3/b8-3-. The first-order chi connectivity index (χ1) is 8.81. The maximum Gasteiger partial charge on any atom is -0.0228 e. The van der Waals surface area contributed by atoms with Crippen LogP contribution >= 0.6 is 0 Å². The van der Waals surface area contributed by atoms with Crippen molar-refractivity contribution >= 4 is 6.08 Å². The van der Waals surface area contributed by atoms with Crippen molar-refractivity contribution in [3.63, 3.8) is 0 Å². The summed E-state index contributed by atoms with van der Waals surface area (Å²) in [7, 11) is 0. The van der Waals surface area contributed by atoms with E-state index in [1.807, 2.05) is 0 Å². The molecule has 0 radical (unpaired) electrons. The molecule has 0 amide bonds. The zero-order valence-corrected chi connectivity index (χ0v) is 11.2. The Hall–Kier alpha value is -1.82. The van der Waals surface area contributed by atoms with Gasteiger partial charge in [-0.1, -0.05) is 60.7 Å². The smallest absolute Gasteiger partial charge is 0.0228 e. The molecular weight excluding hydrogens is 216 g/mol. The van der Waals surface area contributed by atoms with E-state index in [9.17, 15) is 0 Å². The minimum absolute atomic E-state index is 1.10. The van der Waals surface area contributed by atoms with E-state index in [1.54, 1.807) is 0 Å². The van der Waals surface area contributed by atoms with Gasteiger partial charge in [0.2, 0.25) is 0 Å². The Morgan fingerprint density at radius 2 is 1.44 bits per heavy atom. The fraction of sp³-hybridized carbons (Fsp3) is 0.222. The summed E-state index contributed by atoms with van der Waals surface area (Å²) in [6.45, 7) is 4.26. The molecule has 0 bridgehead atoms. The van der Waals surface area contributed by atoms with Crippen LogP contribution in [0.1, 0.15) is 29.2 Å². The van der Waals surface area contributed by atoms with Gasteiger partial charge in [-0.05, 0) is 48.9 Å². The van der Waals surface area contributed by atoms with Crippen molar-refractivity contribution in [3.8, 4) is 0 Å². The minimum atomic E-state index is 1.10. The van der Waals surface area contributed by atoms with Crippen LogP contribution < -0.4 is 0 Å². The molecule has 2 rings (SSSR count). The van der Waals surface area contributed by atoms with Gasteiger partial charge in [-0.25, -0.2) is 0 Å². The largest absolute Gasteiger partial charge is 0.0871 e. The third-order valence-electron chi connectivity index (χ3n) is 3.33. The molecule has 0 fully saturated rings. The lowest BCUT2D eigenvalue weighted by Gasteiger charge is -2.08. The van der Waals surface area contributed by atoms with Crippen LogP contribution in [0.5, 0.6) is 0 Å².